The highest BCUT2D eigenvalue weighted by atomic mass is 16.5. The molecule has 0 aliphatic rings. The maximum absolute atomic E-state index is 5.46. The highest BCUT2D eigenvalue weighted by molar-refractivity contribution is 5.07. The molecule has 0 unspecified atom stereocenters. The standard InChI is InChI=1S/C13H22N2O2/c1-12(13-6-3-4-7-15-13)14-8-11-17-10-5-9-16-2/h3-4,6-7,12,14H,5,8-11H2,1-2H3/t12-/m0/s1. The Kier molecular flexibility index (Phi) is 7.54. The lowest BCUT2D eigenvalue weighted by atomic mass is 10.2. The molecule has 0 aromatic carbocycles. The number of hydrogen-bond donors (Lipinski definition) is 1. The maximum Gasteiger partial charge on any atom is 0.0591 e. The van der Waals surface area contributed by atoms with Crippen LogP contribution in [0.25, 0.3) is 0 Å². The van der Waals surface area contributed by atoms with Crippen molar-refractivity contribution in [3.05, 3.63) is 30.1 Å². The van der Waals surface area contributed by atoms with Gasteiger partial charge in [-0.2, -0.15) is 0 Å². The van der Waals surface area contributed by atoms with E-state index in [2.05, 4.69) is 17.2 Å². The van der Waals surface area contributed by atoms with Crippen molar-refractivity contribution in [2.75, 3.05) is 33.5 Å². The molecule has 4 nitrogen and oxygen atoms in total. The van der Waals surface area contributed by atoms with E-state index >= 15 is 0 Å². The molecule has 0 fully saturated rings. The normalized spacial score (nSPS) is 12.6. The number of methoxy groups -OCH3 is 1. The van der Waals surface area contributed by atoms with Crippen LogP contribution < -0.4 is 5.32 Å². The number of pyridine rings is 1. The zero-order chi connectivity index (χ0) is 12.3. The number of hydrogen-bond acceptors (Lipinski definition) is 4. The summed E-state index contributed by atoms with van der Waals surface area (Å²) in [6, 6.07) is 6.22. The molecule has 17 heavy (non-hydrogen) atoms. The largest absolute Gasteiger partial charge is 0.385 e. The molecule has 0 radical (unpaired) electrons. The maximum atomic E-state index is 5.46. The molecule has 0 aliphatic carbocycles. The van der Waals surface area contributed by atoms with Crippen molar-refractivity contribution in [1.82, 2.24) is 10.3 Å². The fourth-order valence-corrected chi connectivity index (χ4v) is 1.49. The SMILES string of the molecule is COCCCOCCN[C@@H](C)c1ccccn1. The summed E-state index contributed by atoms with van der Waals surface area (Å²) in [6.45, 7) is 5.18. The average Bonchev–Trinajstić information content (AvgIpc) is 2.38. The summed E-state index contributed by atoms with van der Waals surface area (Å²) < 4.78 is 10.4. The minimum atomic E-state index is 0.263. The minimum Gasteiger partial charge on any atom is -0.385 e. The van der Waals surface area contributed by atoms with Crippen molar-refractivity contribution >= 4 is 0 Å². The van der Waals surface area contributed by atoms with E-state index in [1.807, 2.05) is 24.4 Å². The van der Waals surface area contributed by atoms with Gasteiger partial charge in [-0.3, -0.25) is 4.98 Å². The Morgan fingerprint density at radius 3 is 2.88 bits per heavy atom. The molecule has 0 saturated heterocycles. The predicted octanol–water partition coefficient (Wildman–Crippen LogP) is 1.79. The minimum absolute atomic E-state index is 0.263. The van der Waals surface area contributed by atoms with E-state index in [1.54, 1.807) is 7.11 Å². The van der Waals surface area contributed by atoms with Crippen LogP contribution in [-0.2, 0) is 9.47 Å². The molecular formula is C13H22N2O2. The summed E-state index contributed by atoms with van der Waals surface area (Å²) in [7, 11) is 1.70. The Morgan fingerprint density at radius 2 is 2.18 bits per heavy atom. The van der Waals surface area contributed by atoms with Gasteiger partial charge in [0.25, 0.3) is 0 Å². The summed E-state index contributed by atoms with van der Waals surface area (Å²) in [6.07, 6.45) is 2.76. The number of ether oxygens (including phenoxy) is 2. The van der Waals surface area contributed by atoms with Crippen LogP contribution in [0.3, 0.4) is 0 Å². The van der Waals surface area contributed by atoms with Gasteiger partial charge in [0.1, 0.15) is 0 Å². The average molecular weight is 238 g/mol. The molecule has 0 aliphatic heterocycles. The van der Waals surface area contributed by atoms with Crippen molar-refractivity contribution in [2.24, 2.45) is 0 Å². The molecule has 1 aromatic rings. The van der Waals surface area contributed by atoms with Gasteiger partial charge >= 0.3 is 0 Å². The summed E-state index contributed by atoms with van der Waals surface area (Å²) in [5.41, 5.74) is 1.06. The molecular weight excluding hydrogens is 216 g/mol. The van der Waals surface area contributed by atoms with Gasteiger partial charge in [0.05, 0.1) is 12.3 Å². The highest BCUT2D eigenvalue weighted by Gasteiger charge is 2.03. The number of nitrogens with zero attached hydrogens (tertiary/aromatic N) is 1. The number of aromatic nitrogens is 1. The van der Waals surface area contributed by atoms with Gasteiger partial charge in [0.15, 0.2) is 0 Å². The Labute approximate surface area is 103 Å². The first-order valence-corrected chi connectivity index (χ1v) is 6.05. The molecule has 1 atom stereocenters. The molecule has 0 saturated carbocycles. The second kappa shape index (κ2) is 9.10. The Balaban J connectivity index is 2.03. The van der Waals surface area contributed by atoms with Crippen molar-refractivity contribution in [3.8, 4) is 0 Å². The van der Waals surface area contributed by atoms with Gasteiger partial charge < -0.3 is 14.8 Å². The fraction of sp³-hybridized carbons (Fsp3) is 0.615. The van der Waals surface area contributed by atoms with E-state index in [4.69, 9.17) is 9.47 Å². The van der Waals surface area contributed by atoms with Crippen LogP contribution in [0, 0.1) is 0 Å². The smallest absolute Gasteiger partial charge is 0.0591 e. The lowest BCUT2D eigenvalue weighted by Crippen LogP contribution is -2.24. The van der Waals surface area contributed by atoms with Gasteiger partial charge in [-0.05, 0) is 25.5 Å². The quantitative estimate of drug-likeness (QED) is 0.666. The molecule has 1 aromatic heterocycles. The lowest BCUT2D eigenvalue weighted by Gasteiger charge is -2.13. The van der Waals surface area contributed by atoms with Crippen LogP contribution in [0.1, 0.15) is 25.1 Å². The summed E-state index contributed by atoms with van der Waals surface area (Å²) in [4.78, 5) is 4.30. The van der Waals surface area contributed by atoms with E-state index in [-0.39, 0.29) is 6.04 Å². The zero-order valence-electron chi connectivity index (χ0n) is 10.7. The van der Waals surface area contributed by atoms with Crippen LogP contribution in [-0.4, -0.2) is 38.5 Å². The summed E-state index contributed by atoms with van der Waals surface area (Å²) >= 11 is 0. The van der Waals surface area contributed by atoms with Crippen LogP contribution in [0.5, 0.6) is 0 Å². The second-order valence-corrected chi connectivity index (χ2v) is 3.89. The Bertz CT molecular complexity index is 280. The molecule has 1 heterocycles. The van der Waals surface area contributed by atoms with E-state index in [1.165, 1.54) is 0 Å². The third-order valence-corrected chi connectivity index (χ3v) is 2.47. The van der Waals surface area contributed by atoms with Gasteiger partial charge in [-0.1, -0.05) is 6.07 Å². The van der Waals surface area contributed by atoms with Crippen LogP contribution in [0.2, 0.25) is 0 Å². The van der Waals surface area contributed by atoms with E-state index in [0.717, 1.165) is 38.5 Å². The third kappa shape index (κ3) is 6.36. The topological polar surface area (TPSA) is 43.4 Å². The zero-order valence-corrected chi connectivity index (χ0v) is 10.7. The van der Waals surface area contributed by atoms with Crippen LogP contribution in [0.4, 0.5) is 0 Å². The van der Waals surface area contributed by atoms with Gasteiger partial charge in [-0.15, -0.1) is 0 Å². The van der Waals surface area contributed by atoms with E-state index in [0.29, 0.717) is 0 Å². The monoisotopic (exact) mass is 238 g/mol. The number of nitrogens with one attached hydrogen (secondary N) is 1. The lowest BCUT2D eigenvalue weighted by molar-refractivity contribution is 0.103. The molecule has 4 heteroatoms. The van der Waals surface area contributed by atoms with Gasteiger partial charge in [0, 0.05) is 39.1 Å². The van der Waals surface area contributed by atoms with Crippen LogP contribution in [0.15, 0.2) is 24.4 Å². The molecule has 1 rings (SSSR count). The fourth-order valence-electron chi connectivity index (χ4n) is 1.49. The number of rotatable bonds is 9. The first kappa shape index (κ1) is 14.1. The molecule has 0 bridgehead atoms. The molecule has 0 spiro atoms. The van der Waals surface area contributed by atoms with E-state index < -0.39 is 0 Å². The summed E-state index contributed by atoms with van der Waals surface area (Å²) in [5.74, 6) is 0. The first-order valence-electron chi connectivity index (χ1n) is 6.05. The van der Waals surface area contributed by atoms with Crippen molar-refractivity contribution < 1.29 is 9.47 Å². The Hall–Kier alpha value is -0.970. The Morgan fingerprint density at radius 1 is 1.29 bits per heavy atom. The molecule has 0 amide bonds. The van der Waals surface area contributed by atoms with Crippen LogP contribution >= 0.6 is 0 Å². The highest BCUT2D eigenvalue weighted by Crippen LogP contribution is 2.06. The first-order chi connectivity index (χ1) is 8.34. The van der Waals surface area contributed by atoms with E-state index in [9.17, 15) is 0 Å². The van der Waals surface area contributed by atoms with Gasteiger partial charge in [-0.25, -0.2) is 0 Å². The third-order valence-electron chi connectivity index (χ3n) is 2.47. The van der Waals surface area contributed by atoms with Crippen molar-refractivity contribution in [3.63, 3.8) is 0 Å². The predicted molar refractivity (Wildman–Crippen MR) is 68.0 cm³/mol. The second-order valence-electron chi connectivity index (χ2n) is 3.89. The van der Waals surface area contributed by atoms with Gasteiger partial charge in [0.2, 0.25) is 0 Å². The van der Waals surface area contributed by atoms with Crippen molar-refractivity contribution in [1.29, 1.82) is 0 Å². The summed E-state index contributed by atoms with van der Waals surface area (Å²) in [5, 5.41) is 3.37. The molecule has 1 N–H and O–H groups in total. The van der Waals surface area contributed by atoms with Crippen molar-refractivity contribution in [2.45, 2.75) is 19.4 Å². The molecule has 96 valence electrons.